The highest BCUT2D eigenvalue weighted by Gasteiger charge is 1.99. The number of hydrogen-bond donors (Lipinski definition) is 3. The summed E-state index contributed by atoms with van der Waals surface area (Å²) in [6.45, 7) is 5.06. The van der Waals surface area contributed by atoms with Gasteiger partial charge < -0.3 is 15.7 Å². The summed E-state index contributed by atoms with van der Waals surface area (Å²) in [4.78, 5) is 7.64. The minimum Gasteiger partial charge on any atom is -0.401 e. The van der Waals surface area contributed by atoms with E-state index in [1.165, 1.54) is 18.5 Å². The van der Waals surface area contributed by atoms with Crippen LogP contribution in [-0.4, -0.2) is 21.5 Å². The lowest BCUT2D eigenvalue weighted by Crippen LogP contribution is -2.27. The fourth-order valence-corrected chi connectivity index (χ4v) is 2.13. The molecule has 1 heterocycles. The highest BCUT2D eigenvalue weighted by molar-refractivity contribution is 5.01. The number of nitrogens with one attached hydrogen (secondary N) is 1. The number of H-pyrrole nitrogens is 1. The maximum Gasteiger partial charge on any atom is 0.105 e. The number of aromatic nitrogens is 2. The molecular weight excluding hydrogens is 250 g/mol. The number of nitrogens with two attached hydrogens (primary N) is 2. The van der Waals surface area contributed by atoms with Crippen LogP contribution < -0.4 is 11.6 Å². The van der Waals surface area contributed by atoms with Gasteiger partial charge in [0.25, 0.3) is 0 Å². The molecular formula is C15H29N5. The maximum absolute atomic E-state index is 5.94. The Bertz CT molecular complexity index is 397. The van der Waals surface area contributed by atoms with Crippen molar-refractivity contribution in [1.82, 2.24) is 15.0 Å². The standard InChI is InChI=1S/C15H29N5/c1-3-10-20(17)12-13(16)8-6-5-7-9-14-11-18-15(4-2)19-14/h11-12H,3-10,16-17H2,1-2H3,(H,18,19)/b13-12-. The largest absolute Gasteiger partial charge is 0.401 e. The number of nitrogens with zero attached hydrogens (tertiary/aromatic N) is 2. The van der Waals surface area contributed by atoms with Gasteiger partial charge in [-0.05, 0) is 32.1 Å². The summed E-state index contributed by atoms with van der Waals surface area (Å²) in [5.74, 6) is 6.85. The van der Waals surface area contributed by atoms with Crippen molar-refractivity contribution in [2.45, 2.75) is 58.8 Å². The lowest BCUT2D eigenvalue weighted by Gasteiger charge is -2.13. The predicted octanol–water partition coefficient (Wildman–Crippen LogP) is 2.46. The number of aryl methyl sites for hydroxylation is 2. The van der Waals surface area contributed by atoms with Gasteiger partial charge in [0.05, 0.1) is 0 Å². The fraction of sp³-hybridized carbons (Fsp3) is 0.667. The molecule has 0 unspecified atom stereocenters. The SMILES string of the molecule is CCCN(N)/C=C(\N)CCCCCc1cnc(CC)[nH]1. The zero-order valence-corrected chi connectivity index (χ0v) is 12.9. The van der Waals surface area contributed by atoms with Crippen molar-refractivity contribution in [2.75, 3.05) is 6.54 Å². The molecule has 0 aromatic carbocycles. The Morgan fingerprint density at radius 2 is 2.15 bits per heavy atom. The van der Waals surface area contributed by atoms with Gasteiger partial charge in [0.2, 0.25) is 0 Å². The van der Waals surface area contributed by atoms with E-state index in [2.05, 4.69) is 23.8 Å². The summed E-state index contributed by atoms with van der Waals surface area (Å²) >= 11 is 0. The topological polar surface area (TPSA) is 84.0 Å². The first-order valence-corrected chi connectivity index (χ1v) is 7.66. The number of unbranched alkanes of at least 4 members (excludes halogenated alkanes) is 2. The molecule has 0 aliphatic rings. The van der Waals surface area contributed by atoms with Crippen LogP contribution in [0.3, 0.4) is 0 Å². The number of allylic oxidation sites excluding steroid dienone is 1. The molecule has 5 N–H and O–H groups in total. The van der Waals surface area contributed by atoms with Crippen LogP contribution in [0.15, 0.2) is 18.1 Å². The van der Waals surface area contributed by atoms with E-state index in [0.29, 0.717) is 0 Å². The van der Waals surface area contributed by atoms with Crippen LogP contribution in [0.1, 0.15) is 57.5 Å². The summed E-state index contributed by atoms with van der Waals surface area (Å²) in [6, 6.07) is 0. The molecule has 0 saturated carbocycles. The first-order valence-electron chi connectivity index (χ1n) is 7.66. The van der Waals surface area contributed by atoms with Gasteiger partial charge >= 0.3 is 0 Å². The van der Waals surface area contributed by atoms with Crippen molar-refractivity contribution < 1.29 is 0 Å². The van der Waals surface area contributed by atoms with Crippen LogP contribution in [0.2, 0.25) is 0 Å². The molecule has 114 valence electrons. The van der Waals surface area contributed by atoms with Crippen LogP contribution in [-0.2, 0) is 12.8 Å². The Hall–Kier alpha value is -1.49. The molecule has 0 amide bonds. The normalized spacial score (nSPS) is 11.8. The van der Waals surface area contributed by atoms with Gasteiger partial charge in [0.1, 0.15) is 5.82 Å². The lowest BCUT2D eigenvalue weighted by atomic mass is 10.1. The Morgan fingerprint density at radius 3 is 2.80 bits per heavy atom. The molecule has 1 aromatic heterocycles. The Morgan fingerprint density at radius 1 is 1.35 bits per heavy atom. The van der Waals surface area contributed by atoms with E-state index in [1.807, 2.05) is 12.4 Å². The molecule has 0 fully saturated rings. The molecule has 0 aliphatic carbocycles. The van der Waals surface area contributed by atoms with E-state index < -0.39 is 0 Å². The summed E-state index contributed by atoms with van der Waals surface area (Å²) in [5.41, 5.74) is 8.05. The van der Waals surface area contributed by atoms with E-state index >= 15 is 0 Å². The summed E-state index contributed by atoms with van der Waals surface area (Å²) in [6.07, 6.45) is 11.2. The van der Waals surface area contributed by atoms with E-state index in [-0.39, 0.29) is 0 Å². The van der Waals surface area contributed by atoms with Crippen molar-refractivity contribution in [1.29, 1.82) is 0 Å². The molecule has 0 aliphatic heterocycles. The molecule has 5 nitrogen and oxygen atoms in total. The van der Waals surface area contributed by atoms with Gasteiger partial charge in [-0.3, -0.25) is 0 Å². The molecule has 0 spiro atoms. The quantitative estimate of drug-likeness (QED) is 0.349. The second-order valence-electron chi connectivity index (χ2n) is 5.21. The van der Waals surface area contributed by atoms with Gasteiger partial charge in [-0.25, -0.2) is 10.8 Å². The molecule has 1 rings (SSSR count). The first-order chi connectivity index (χ1) is 9.65. The van der Waals surface area contributed by atoms with Gasteiger partial charge in [0.15, 0.2) is 0 Å². The molecule has 0 radical (unpaired) electrons. The molecule has 0 bridgehead atoms. The van der Waals surface area contributed by atoms with Crippen molar-refractivity contribution in [3.05, 3.63) is 29.6 Å². The van der Waals surface area contributed by atoms with Crippen LogP contribution in [0.25, 0.3) is 0 Å². The number of aromatic amines is 1. The van der Waals surface area contributed by atoms with Gasteiger partial charge in [-0.1, -0.05) is 20.3 Å². The monoisotopic (exact) mass is 279 g/mol. The maximum atomic E-state index is 5.94. The summed E-state index contributed by atoms with van der Waals surface area (Å²) in [5, 5.41) is 1.67. The van der Waals surface area contributed by atoms with E-state index in [9.17, 15) is 0 Å². The predicted molar refractivity (Wildman–Crippen MR) is 83.6 cm³/mol. The average Bonchev–Trinajstić information content (AvgIpc) is 2.86. The lowest BCUT2D eigenvalue weighted by molar-refractivity contribution is 0.388. The van der Waals surface area contributed by atoms with Crippen molar-refractivity contribution in [2.24, 2.45) is 11.6 Å². The third-order valence-electron chi connectivity index (χ3n) is 3.24. The first kappa shape index (κ1) is 16.6. The highest BCUT2D eigenvalue weighted by atomic mass is 15.4. The second-order valence-corrected chi connectivity index (χ2v) is 5.21. The van der Waals surface area contributed by atoms with Crippen LogP contribution in [0.4, 0.5) is 0 Å². The minimum absolute atomic E-state index is 0.848. The molecule has 5 heteroatoms. The van der Waals surface area contributed by atoms with E-state index in [4.69, 9.17) is 11.6 Å². The van der Waals surface area contributed by atoms with Crippen molar-refractivity contribution in [3.8, 4) is 0 Å². The number of rotatable bonds is 10. The fourth-order valence-electron chi connectivity index (χ4n) is 2.13. The molecule has 0 saturated heterocycles. The summed E-state index contributed by atoms with van der Waals surface area (Å²) in [7, 11) is 0. The number of hydrogen-bond acceptors (Lipinski definition) is 4. The molecule has 1 aromatic rings. The number of hydrazine groups is 1. The van der Waals surface area contributed by atoms with Crippen molar-refractivity contribution in [3.63, 3.8) is 0 Å². The van der Waals surface area contributed by atoms with Crippen molar-refractivity contribution >= 4 is 0 Å². The molecule has 0 atom stereocenters. The van der Waals surface area contributed by atoms with Gasteiger partial charge in [0, 0.05) is 36.8 Å². The Balaban J connectivity index is 2.12. The van der Waals surface area contributed by atoms with E-state index in [0.717, 1.165) is 50.2 Å². The zero-order valence-electron chi connectivity index (χ0n) is 12.9. The highest BCUT2D eigenvalue weighted by Crippen LogP contribution is 2.09. The third kappa shape index (κ3) is 6.61. The van der Waals surface area contributed by atoms with Crippen LogP contribution in [0.5, 0.6) is 0 Å². The van der Waals surface area contributed by atoms with Crippen LogP contribution >= 0.6 is 0 Å². The van der Waals surface area contributed by atoms with Crippen LogP contribution in [0, 0.1) is 0 Å². The third-order valence-corrected chi connectivity index (χ3v) is 3.24. The zero-order chi connectivity index (χ0) is 14.8. The Kier molecular flexibility index (Phi) is 7.80. The molecule has 20 heavy (non-hydrogen) atoms. The average molecular weight is 279 g/mol. The number of imidazole rings is 1. The summed E-state index contributed by atoms with van der Waals surface area (Å²) < 4.78 is 0. The smallest absolute Gasteiger partial charge is 0.105 e. The van der Waals surface area contributed by atoms with E-state index in [1.54, 1.807) is 5.01 Å². The van der Waals surface area contributed by atoms with Gasteiger partial charge in [-0.15, -0.1) is 0 Å². The second kappa shape index (κ2) is 9.42. The minimum atomic E-state index is 0.848. The van der Waals surface area contributed by atoms with Gasteiger partial charge in [-0.2, -0.15) is 0 Å². The Labute approximate surface area is 122 Å².